The van der Waals surface area contributed by atoms with Gasteiger partial charge in [-0.3, -0.25) is 4.79 Å². The molecule has 1 amide bonds. The third-order valence-corrected chi connectivity index (χ3v) is 4.92. The molecule has 27 heavy (non-hydrogen) atoms. The van der Waals surface area contributed by atoms with Crippen molar-refractivity contribution in [1.29, 1.82) is 0 Å². The minimum atomic E-state index is -3.91. The number of amides is 1. The third kappa shape index (κ3) is 6.15. The fourth-order valence-corrected chi connectivity index (χ4v) is 3.08. The van der Waals surface area contributed by atoms with Gasteiger partial charge in [0.25, 0.3) is 0 Å². The van der Waals surface area contributed by atoms with E-state index in [0.29, 0.717) is 5.56 Å². The number of rotatable bonds is 8. The molecule has 2 rings (SSSR count). The Labute approximate surface area is 156 Å². The van der Waals surface area contributed by atoms with Gasteiger partial charge in [0.15, 0.2) is 0 Å². The summed E-state index contributed by atoms with van der Waals surface area (Å²) in [7, 11) is -3.91. The standard InChI is InChI=1S/C18H19FN2O5S/c1-2-26-18(23)14-5-9-16(10-6-14)27(24,25)21-12-17(22)20-11-13-3-7-15(19)8-4-13/h3-10,21H,2,11-12H2,1H3,(H,20,22). The number of carbonyl (C=O) groups excluding carboxylic acids is 2. The van der Waals surface area contributed by atoms with Crippen molar-refractivity contribution < 1.29 is 27.1 Å². The van der Waals surface area contributed by atoms with E-state index in [1.165, 1.54) is 48.5 Å². The van der Waals surface area contributed by atoms with Crippen molar-refractivity contribution in [2.45, 2.75) is 18.4 Å². The molecule has 144 valence electrons. The zero-order valence-electron chi connectivity index (χ0n) is 14.6. The maximum atomic E-state index is 12.8. The number of ether oxygens (including phenoxy) is 1. The van der Waals surface area contributed by atoms with Crippen LogP contribution in [0.5, 0.6) is 0 Å². The molecule has 9 heteroatoms. The summed E-state index contributed by atoms with van der Waals surface area (Å²) in [6.07, 6.45) is 0. The second-order valence-electron chi connectivity index (χ2n) is 5.47. The molecule has 0 unspecified atom stereocenters. The number of sulfonamides is 1. The number of carbonyl (C=O) groups is 2. The second-order valence-corrected chi connectivity index (χ2v) is 7.24. The normalized spacial score (nSPS) is 11.0. The maximum Gasteiger partial charge on any atom is 0.338 e. The highest BCUT2D eigenvalue weighted by Crippen LogP contribution is 2.11. The molecule has 0 aliphatic rings. The van der Waals surface area contributed by atoms with Gasteiger partial charge in [-0.05, 0) is 48.9 Å². The molecule has 0 saturated heterocycles. The van der Waals surface area contributed by atoms with E-state index in [0.717, 1.165) is 0 Å². The summed E-state index contributed by atoms with van der Waals surface area (Å²) in [5, 5.41) is 2.53. The van der Waals surface area contributed by atoms with Crippen LogP contribution in [0.1, 0.15) is 22.8 Å². The molecule has 0 radical (unpaired) electrons. The number of halogens is 1. The Kier molecular flexibility index (Phi) is 7.03. The molecule has 0 aromatic heterocycles. The molecule has 2 N–H and O–H groups in total. The number of nitrogens with one attached hydrogen (secondary N) is 2. The van der Waals surface area contributed by atoms with Crippen LogP contribution in [0, 0.1) is 5.82 Å². The highest BCUT2D eigenvalue weighted by Gasteiger charge is 2.16. The molecule has 2 aromatic rings. The summed E-state index contributed by atoms with van der Waals surface area (Å²) < 4.78 is 44.2. The minimum absolute atomic E-state index is 0.0816. The van der Waals surface area contributed by atoms with Crippen LogP contribution in [0.4, 0.5) is 4.39 Å². The van der Waals surface area contributed by atoms with Crippen molar-refractivity contribution in [3.63, 3.8) is 0 Å². The van der Waals surface area contributed by atoms with Crippen LogP contribution in [-0.4, -0.2) is 33.4 Å². The number of benzene rings is 2. The molecule has 0 spiro atoms. The molecular weight excluding hydrogens is 375 g/mol. The first-order chi connectivity index (χ1) is 12.8. The fourth-order valence-electron chi connectivity index (χ4n) is 2.09. The molecule has 0 fully saturated rings. The van der Waals surface area contributed by atoms with E-state index < -0.39 is 28.4 Å². The highest BCUT2D eigenvalue weighted by atomic mass is 32.2. The molecule has 0 heterocycles. The predicted molar refractivity (Wildman–Crippen MR) is 95.8 cm³/mol. The van der Waals surface area contributed by atoms with Crippen LogP contribution in [0.3, 0.4) is 0 Å². The predicted octanol–water partition coefficient (Wildman–Crippen LogP) is 1.60. The van der Waals surface area contributed by atoms with Crippen molar-refractivity contribution in [3.05, 3.63) is 65.5 Å². The Balaban J connectivity index is 1.88. The Morgan fingerprint density at radius 3 is 2.26 bits per heavy atom. The average molecular weight is 394 g/mol. The van der Waals surface area contributed by atoms with E-state index in [4.69, 9.17) is 4.74 Å². The van der Waals surface area contributed by atoms with E-state index >= 15 is 0 Å². The van der Waals surface area contributed by atoms with Gasteiger partial charge in [0, 0.05) is 6.54 Å². The first kappa shape index (κ1) is 20.5. The highest BCUT2D eigenvalue weighted by molar-refractivity contribution is 7.89. The number of hydrogen-bond acceptors (Lipinski definition) is 5. The van der Waals surface area contributed by atoms with Gasteiger partial charge in [-0.2, -0.15) is 0 Å². The van der Waals surface area contributed by atoms with Gasteiger partial charge in [-0.1, -0.05) is 12.1 Å². The largest absolute Gasteiger partial charge is 0.462 e. The van der Waals surface area contributed by atoms with Crippen LogP contribution in [-0.2, 0) is 26.1 Å². The first-order valence-corrected chi connectivity index (χ1v) is 9.58. The summed E-state index contributed by atoms with van der Waals surface area (Å²) in [5.41, 5.74) is 0.912. The summed E-state index contributed by atoms with van der Waals surface area (Å²) in [4.78, 5) is 23.3. The molecule has 0 bridgehead atoms. The quantitative estimate of drug-likeness (QED) is 0.662. The number of hydrogen-bond donors (Lipinski definition) is 2. The third-order valence-electron chi connectivity index (χ3n) is 3.50. The molecule has 0 aliphatic heterocycles. The lowest BCUT2D eigenvalue weighted by Crippen LogP contribution is -2.36. The van der Waals surface area contributed by atoms with Gasteiger partial charge in [-0.25, -0.2) is 22.3 Å². The topological polar surface area (TPSA) is 102 Å². The van der Waals surface area contributed by atoms with Crippen molar-refractivity contribution in [2.75, 3.05) is 13.2 Å². The van der Waals surface area contributed by atoms with Crippen LogP contribution in [0.2, 0.25) is 0 Å². The number of esters is 1. The molecule has 7 nitrogen and oxygen atoms in total. The Morgan fingerprint density at radius 2 is 1.67 bits per heavy atom. The molecule has 2 aromatic carbocycles. The van der Waals surface area contributed by atoms with Crippen molar-refractivity contribution >= 4 is 21.9 Å². The lowest BCUT2D eigenvalue weighted by Gasteiger charge is -2.09. The maximum absolute atomic E-state index is 12.8. The van der Waals surface area contributed by atoms with Gasteiger partial charge in [0.1, 0.15) is 5.82 Å². The monoisotopic (exact) mass is 394 g/mol. The zero-order valence-corrected chi connectivity index (χ0v) is 15.4. The fraction of sp³-hybridized carbons (Fsp3) is 0.222. The van der Waals surface area contributed by atoms with E-state index in [2.05, 4.69) is 10.0 Å². The Hall–Kier alpha value is -2.78. The lowest BCUT2D eigenvalue weighted by molar-refractivity contribution is -0.120. The van der Waals surface area contributed by atoms with Gasteiger partial charge in [0.2, 0.25) is 15.9 Å². The van der Waals surface area contributed by atoms with Crippen molar-refractivity contribution in [3.8, 4) is 0 Å². The SMILES string of the molecule is CCOC(=O)c1ccc(S(=O)(=O)NCC(=O)NCc2ccc(F)cc2)cc1. The molecule has 0 aliphatic carbocycles. The summed E-state index contributed by atoms with van der Waals surface area (Å²) in [6, 6.07) is 10.8. The molecular formula is C18H19FN2O5S. The van der Waals surface area contributed by atoms with Crippen LogP contribution in [0.15, 0.2) is 53.4 Å². The smallest absolute Gasteiger partial charge is 0.338 e. The van der Waals surface area contributed by atoms with Gasteiger partial charge < -0.3 is 10.1 Å². The summed E-state index contributed by atoms with van der Waals surface area (Å²) >= 11 is 0. The van der Waals surface area contributed by atoms with E-state index in [1.54, 1.807) is 6.92 Å². The Bertz CT molecular complexity index is 896. The van der Waals surface area contributed by atoms with Crippen molar-refractivity contribution in [2.24, 2.45) is 0 Å². The van der Waals surface area contributed by atoms with E-state index in [1.807, 2.05) is 0 Å². The Morgan fingerprint density at radius 1 is 1.04 bits per heavy atom. The average Bonchev–Trinajstić information content (AvgIpc) is 2.66. The van der Waals surface area contributed by atoms with Crippen molar-refractivity contribution in [1.82, 2.24) is 10.0 Å². The van der Waals surface area contributed by atoms with Crippen LogP contribution < -0.4 is 10.0 Å². The minimum Gasteiger partial charge on any atom is -0.462 e. The van der Waals surface area contributed by atoms with E-state index in [-0.39, 0.29) is 29.4 Å². The van der Waals surface area contributed by atoms with E-state index in [9.17, 15) is 22.4 Å². The lowest BCUT2D eigenvalue weighted by atomic mass is 10.2. The van der Waals surface area contributed by atoms with Gasteiger partial charge >= 0.3 is 5.97 Å². The summed E-state index contributed by atoms with van der Waals surface area (Å²) in [6.45, 7) is 1.58. The van der Waals surface area contributed by atoms with Gasteiger partial charge in [-0.15, -0.1) is 0 Å². The van der Waals surface area contributed by atoms with Gasteiger partial charge in [0.05, 0.1) is 23.6 Å². The zero-order chi connectivity index (χ0) is 19.9. The summed E-state index contributed by atoms with van der Waals surface area (Å²) in [5.74, 6) is -1.47. The molecule has 0 atom stereocenters. The second kappa shape index (κ2) is 9.24. The van der Waals surface area contributed by atoms with Crippen LogP contribution in [0.25, 0.3) is 0 Å². The molecule has 0 saturated carbocycles. The first-order valence-electron chi connectivity index (χ1n) is 8.10. The van der Waals surface area contributed by atoms with Crippen LogP contribution >= 0.6 is 0 Å².